The molecule has 4 heteroatoms. The van der Waals surface area contributed by atoms with E-state index in [2.05, 4.69) is 40.3 Å². The molecular weight excluding hydrogens is 324 g/mol. The molecule has 19 heavy (non-hydrogen) atoms. The second-order valence-electron chi connectivity index (χ2n) is 4.42. The van der Waals surface area contributed by atoms with E-state index in [0.717, 1.165) is 15.7 Å². The van der Waals surface area contributed by atoms with Crippen LogP contribution < -0.4 is 11.1 Å². The van der Waals surface area contributed by atoms with E-state index in [1.807, 2.05) is 30.3 Å². The number of hydrogen-bond acceptors (Lipinski definition) is 2. The minimum atomic E-state index is 0.0645. The van der Waals surface area contributed by atoms with Crippen LogP contribution >= 0.6 is 27.5 Å². The van der Waals surface area contributed by atoms with E-state index in [4.69, 9.17) is 17.3 Å². The zero-order valence-corrected chi connectivity index (χ0v) is 13.0. The van der Waals surface area contributed by atoms with Gasteiger partial charge in [0.2, 0.25) is 0 Å². The van der Waals surface area contributed by atoms with Gasteiger partial charge in [0.15, 0.2) is 0 Å². The standard InChI is InChI=1S/C15H16BrClN2/c1-10-4-2-3-5-14(10)19-15(9-18)11-6-7-13(17)12(16)8-11/h2-8,15,19H,9,18H2,1H3. The fourth-order valence-corrected chi connectivity index (χ4v) is 2.44. The van der Waals surface area contributed by atoms with Crippen molar-refractivity contribution in [2.45, 2.75) is 13.0 Å². The number of para-hydroxylation sites is 1. The molecule has 2 rings (SSSR count). The van der Waals surface area contributed by atoms with E-state index < -0.39 is 0 Å². The van der Waals surface area contributed by atoms with Gasteiger partial charge in [-0.15, -0.1) is 0 Å². The van der Waals surface area contributed by atoms with Gasteiger partial charge >= 0.3 is 0 Å². The number of halogens is 2. The van der Waals surface area contributed by atoms with E-state index in [1.165, 1.54) is 5.56 Å². The quantitative estimate of drug-likeness (QED) is 0.859. The Hall–Kier alpha value is -1.03. The maximum Gasteiger partial charge on any atom is 0.0636 e. The summed E-state index contributed by atoms with van der Waals surface area (Å²) in [6.45, 7) is 2.59. The first kappa shape index (κ1) is 14.4. The molecule has 1 atom stereocenters. The van der Waals surface area contributed by atoms with E-state index in [-0.39, 0.29) is 6.04 Å². The second-order valence-corrected chi connectivity index (χ2v) is 5.68. The van der Waals surface area contributed by atoms with Gasteiger partial charge in [-0.05, 0) is 52.2 Å². The van der Waals surface area contributed by atoms with Gasteiger partial charge in [0, 0.05) is 16.7 Å². The lowest BCUT2D eigenvalue weighted by Gasteiger charge is -2.20. The molecule has 0 heterocycles. The molecule has 0 fully saturated rings. The van der Waals surface area contributed by atoms with Crippen molar-refractivity contribution >= 4 is 33.2 Å². The zero-order valence-electron chi connectivity index (χ0n) is 10.7. The van der Waals surface area contributed by atoms with Crippen LogP contribution in [0.15, 0.2) is 46.9 Å². The molecule has 2 aromatic carbocycles. The molecule has 2 aromatic rings. The highest BCUT2D eigenvalue weighted by atomic mass is 79.9. The van der Waals surface area contributed by atoms with Gasteiger partial charge in [-0.1, -0.05) is 35.9 Å². The van der Waals surface area contributed by atoms with Crippen molar-refractivity contribution in [3.63, 3.8) is 0 Å². The van der Waals surface area contributed by atoms with Crippen LogP contribution in [0.3, 0.4) is 0 Å². The van der Waals surface area contributed by atoms with Gasteiger partial charge in [0.1, 0.15) is 0 Å². The fraction of sp³-hybridized carbons (Fsp3) is 0.200. The Morgan fingerprint density at radius 2 is 2.00 bits per heavy atom. The number of nitrogens with two attached hydrogens (primary N) is 1. The van der Waals surface area contributed by atoms with Crippen molar-refractivity contribution in [2.75, 3.05) is 11.9 Å². The maximum atomic E-state index is 6.02. The summed E-state index contributed by atoms with van der Waals surface area (Å²) in [5.41, 5.74) is 9.30. The summed E-state index contributed by atoms with van der Waals surface area (Å²) < 4.78 is 0.886. The monoisotopic (exact) mass is 338 g/mol. The molecule has 100 valence electrons. The van der Waals surface area contributed by atoms with Crippen LogP contribution in [0.2, 0.25) is 5.02 Å². The first-order valence-electron chi connectivity index (χ1n) is 6.09. The van der Waals surface area contributed by atoms with Crippen LogP contribution in [0.25, 0.3) is 0 Å². The first-order valence-corrected chi connectivity index (χ1v) is 7.26. The summed E-state index contributed by atoms with van der Waals surface area (Å²) in [5, 5.41) is 4.18. The number of nitrogens with one attached hydrogen (secondary N) is 1. The summed E-state index contributed by atoms with van der Waals surface area (Å²) in [6, 6.07) is 14.1. The van der Waals surface area contributed by atoms with E-state index >= 15 is 0 Å². The predicted molar refractivity (Wildman–Crippen MR) is 85.7 cm³/mol. The van der Waals surface area contributed by atoms with Gasteiger partial charge in [-0.2, -0.15) is 0 Å². The van der Waals surface area contributed by atoms with Crippen molar-refractivity contribution in [2.24, 2.45) is 5.73 Å². The van der Waals surface area contributed by atoms with Crippen molar-refractivity contribution in [3.8, 4) is 0 Å². The summed E-state index contributed by atoms with van der Waals surface area (Å²) >= 11 is 9.46. The molecule has 0 aliphatic rings. The Morgan fingerprint density at radius 3 is 2.63 bits per heavy atom. The molecule has 0 spiro atoms. The molecule has 2 nitrogen and oxygen atoms in total. The minimum absolute atomic E-state index is 0.0645. The van der Waals surface area contributed by atoms with E-state index in [9.17, 15) is 0 Å². The average Bonchev–Trinajstić information content (AvgIpc) is 2.41. The third-order valence-corrected chi connectivity index (χ3v) is 4.27. The fourth-order valence-electron chi connectivity index (χ4n) is 1.93. The van der Waals surface area contributed by atoms with Crippen molar-refractivity contribution in [1.29, 1.82) is 0 Å². The predicted octanol–water partition coefficient (Wildman–Crippen LogP) is 4.52. The third kappa shape index (κ3) is 3.50. The van der Waals surface area contributed by atoms with Gasteiger partial charge in [-0.3, -0.25) is 0 Å². The normalized spacial score (nSPS) is 12.2. The van der Waals surface area contributed by atoms with Crippen molar-refractivity contribution in [1.82, 2.24) is 0 Å². The van der Waals surface area contributed by atoms with Crippen LogP contribution in [0.1, 0.15) is 17.2 Å². The summed E-state index contributed by atoms with van der Waals surface area (Å²) in [7, 11) is 0. The first-order chi connectivity index (χ1) is 9.11. The molecular formula is C15H16BrClN2. The molecule has 0 radical (unpaired) electrons. The lowest BCUT2D eigenvalue weighted by atomic mass is 10.1. The Kier molecular flexibility index (Phi) is 4.86. The van der Waals surface area contributed by atoms with Gasteiger partial charge in [-0.25, -0.2) is 0 Å². The molecule has 0 aliphatic carbocycles. The van der Waals surface area contributed by atoms with E-state index in [1.54, 1.807) is 0 Å². The molecule has 0 aromatic heterocycles. The number of rotatable bonds is 4. The van der Waals surface area contributed by atoms with Gasteiger partial charge < -0.3 is 11.1 Å². The highest BCUT2D eigenvalue weighted by molar-refractivity contribution is 9.10. The van der Waals surface area contributed by atoms with Crippen LogP contribution in [-0.4, -0.2) is 6.54 Å². The highest BCUT2D eigenvalue weighted by Crippen LogP contribution is 2.28. The number of anilines is 1. The lowest BCUT2D eigenvalue weighted by molar-refractivity contribution is 0.788. The average molecular weight is 340 g/mol. The Labute approximate surface area is 127 Å². The Bertz CT molecular complexity index is 572. The topological polar surface area (TPSA) is 38.0 Å². The van der Waals surface area contributed by atoms with Crippen LogP contribution in [0, 0.1) is 6.92 Å². The number of benzene rings is 2. The SMILES string of the molecule is Cc1ccccc1NC(CN)c1ccc(Cl)c(Br)c1. The summed E-state index contributed by atoms with van der Waals surface area (Å²) in [4.78, 5) is 0. The molecule has 0 amide bonds. The molecule has 1 unspecified atom stereocenters. The van der Waals surface area contributed by atoms with Crippen molar-refractivity contribution < 1.29 is 0 Å². The van der Waals surface area contributed by atoms with Crippen molar-refractivity contribution in [3.05, 3.63) is 63.1 Å². The van der Waals surface area contributed by atoms with E-state index in [0.29, 0.717) is 11.6 Å². The molecule has 0 bridgehead atoms. The van der Waals surface area contributed by atoms with Gasteiger partial charge in [0.25, 0.3) is 0 Å². The lowest BCUT2D eigenvalue weighted by Crippen LogP contribution is -2.21. The molecule has 0 saturated heterocycles. The number of hydrogen-bond donors (Lipinski definition) is 2. The van der Waals surface area contributed by atoms with Gasteiger partial charge in [0.05, 0.1) is 11.1 Å². The number of aryl methyl sites for hydroxylation is 1. The minimum Gasteiger partial charge on any atom is -0.377 e. The second kappa shape index (κ2) is 6.42. The van der Waals surface area contributed by atoms with Crippen LogP contribution in [-0.2, 0) is 0 Å². The zero-order chi connectivity index (χ0) is 13.8. The highest BCUT2D eigenvalue weighted by Gasteiger charge is 2.11. The molecule has 3 N–H and O–H groups in total. The summed E-state index contributed by atoms with van der Waals surface area (Å²) in [5.74, 6) is 0. The maximum absolute atomic E-state index is 6.02. The Morgan fingerprint density at radius 1 is 1.26 bits per heavy atom. The Balaban J connectivity index is 2.25. The largest absolute Gasteiger partial charge is 0.377 e. The van der Waals surface area contributed by atoms with Crippen LogP contribution in [0.4, 0.5) is 5.69 Å². The molecule has 0 aliphatic heterocycles. The smallest absolute Gasteiger partial charge is 0.0636 e. The van der Waals surface area contributed by atoms with Crippen LogP contribution in [0.5, 0.6) is 0 Å². The summed E-state index contributed by atoms with van der Waals surface area (Å²) in [6.07, 6.45) is 0. The third-order valence-electron chi connectivity index (χ3n) is 3.06. The molecule has 0 saturated carbocycles.